The van der Waals surface area contributed by atoms with Gasteiger partial charge in [0.15, 0.2) is 0 Å². The monoisotopic (exact) mass is 268 g/mol. The highest BCUT2D eigenvalue weighted by molar-refractivity contribution is 7.77. The Morgan fingerprint density at radius 3 is 2.65 bits per heavy atom. The number of rotatable bonds is 2. The first kappa shape index (κ1) is 12.5. The van der Waals surface area contributed by atoms with E-state index in [0.717, 1.165) is 6.07 Å². The molecule has 0 saturated heterocycles. The SMILES string of the molecule is O=S([O-])N[C@H]1c2c(F)cc(F)cc2CC1(F)F. The summed E-state index contributed by atoms with van der Waals surface area (Å²) in [6, 6.07) is -0.763. The van der Waals surface area contributed by atoms with E-state index in [-0.39, 0.29) is 5.56 Å². The molecule has 0 bridgehead atoms. The zero-order valence-electron chi connectivity index (χ0n) is 8.18. The predicted octanol–water partition coefficient (Wildman–Crippen LogP) is 1.58. The lowest BCUT2D eigenvalue weighted by molar-refractivity contribution is -0.0195. The lowest BCUT2D eigenvalue weighted by atomic mass is 10.1. The van der Waals surface area contributed by atoms with Crippen LogP contribution in [-0.4, -0.2) is 14.7 Å². The molecule has 0 amide bonds. The summed E-state index contributed by atoms with van der Waals surface area (Å²) in [4.78, 5) is 0. The van der Waals surface area contributed by atoms with Gasteiger partial charge >= 0.3 is 0 Å². The maximum absolute atomic E-state index is 13.4. The van der Waals surface area contributed by atoms with E-state index in [1.54, 1.807) is 4.72 Å². The van der Waals surface area contributed by atoms with Crippen LogP contribution in [0.15, 0.2) is 12.1 Å². The molecule has 2 rings (SSSR count). The molecule has 8 heteroatoms. The van der Waals surface area contributed by atoms with Gasteiger partial charge in [0, 0.05) is 29.3 Å². The molecule has 1 aliphatic rings. The average molecular weight is 268 g/mol. The van der Waals surface area contributed by atoms with Gasteiger partial charge in [-0.2, -0.15) is 0 Å². The van der Waals surface area contributed by atoms with Crippen molar-refractivity contribution in [2.75, 3.05) is 0 Å². The van der Waals surface area contributed by atoms with Crippen molar-refractivity contribution in [1.82, 2.24) is 4.72 Å². The smallest absolute Gasteiger partial charge is 0.272 e. The summed E-state index contributed by atoms with van der Waals surface area (Å²) in [5, 5.41) is 0. The Morgan fingerprint density at radius 2 is 2.06 bits per heavy atom. The number of alkyl halides is 2. The van der Waals surface area contributed by atoms with E-state index in [0.29, 0.717) is 6.07 Å². The molecule has 1 unspecified atom stereocenters. The van der Waals surface area contributed by atoms with Gasteiger partial charge in [0.25, 0.3) is 5.92 Å². The van der Waals surface area contributed by atoms with Crippen LogP contribution in [0, 0.1) is 11.6 Å². The quantitative estimate of drug-likeness (QED) is 0.654. The highest BCUT2D eigenvalue weighted by Gasteiger charge is 2.49. The van der Waals surface area contributed by atoms with Gasteiger partial charge in [0.2, 0.25) is 0 Å². The van der Waals surface area contributed by atoms with Gasteiger partial charge in [0.05, 0.1) is 0 Å². The predicted molar refractivity (Wildman–Crippen MR) is 49.8 cm³/mol. The Kier molecular flexibility index (Phi) is 2.96. The number of benzene rings is 1. The molecule has 0 aliphatic heterocycles. The Bertz CT molecular complexity index is 494. The summed E-state index contributed by atoms with van der Waals surface area (Å²) >= 11 is -2.96. The molecule has 0 radical (unpaired) electrons. The molecule has 0 heterocycles. The highest BCUT2D eigenvalue weighted by atomic mass is 32.2. The summed E-state index contributed by atoms with van der Waals surface area (Å²) in [6.45, 7) is 0. The minimum Gasteiger partial charge on any atom is -0.760 e. The Morgan fingerprint density at radius 1 is 1.41 bits per heavy atom. The first-order valence-electron chi connectivity index (χ1n) is 4.52. The molecule has 0 aromatic heterocycles. The second-order valence-electron chi connectivity index (χ2n) is 3.68. The van der Waals surface area contributed by atoms with E-state index < -0.39 is 46.8 Å². The van der Waals surface area contributed by atoms with Crippen molar-refractivity contribution in [1.29, 1.82) is 0 Å². The summed E-state index contributed by atoms with van der Waals surface area (Å²) in [6.07, 6.45) is -0.897. The molecular formula is C9H6F4NO2S-. The van der Waals surface area contributed by atoms with Crippen LogP contribution in [0.4, 0.5) is 17.6 Å². The molecule has 2 atom stereocenters. The molecule has 1 aliphatic carbocycles. The summed E-state index contributed by atoms with van der Waals surface area (Å²) in [7, 11) is 0. The molecule has 3 nitrogen and oxygen atoms in total. The summed E-state index contributed by atoms with van der Waals surface area (Å²) < 4.78 is 75.4. The van der Waals surface area contributed by atoms with Crippen molar-refractivity contribution in [2.45, 2.75) is 18.4 Å². The van der Waals surface area contributed by atoms with Gasteiger partial charge in [-0.25, -0.2) is 22.3 Å². The fourth-order valence-corrected chi connectivity index (χ4v) is 2.40. The summed E-state index contributed by atoms with van der Waals surface area (Å²) in [5.41, 5.74) is -0.726. The molecule has 1 N–H and O–H groups in total. The maximum Gasteiger partial charge on any atom is 0.272 e. The van der Waals surface area contributed by atoms with Crippen LogP contribution in [-0.2, 0) is 17.7 Å². The van der Waals surface area contributed by atoms with Crippen LogP contribution in [0.25, 0.3) is 0 Å². The molecular weight excluding hydrogens is 262 g/mol. The maximum atomic E-state index is 13.4. The van der Waals surface area contributed by atoms with E-state index in [9.17, 15) is 26.3 Å². The van der Waals surface area contributed by atoms with Crippen LogP contribution in [0.2, 0.25) is 0 Å². The standard InChI is InChI=1S/C9H7F4NO2S/c10-5-1-4-3-9(12,13)8(14-17(15)16)7(4)6(11)2-5/h1-2,8,14H,3H2,(H,15,16)/p-1/t8-/m0/s1. The van der Waals surface area contributed by atoms with Crippen molar-refractivity contribution in [3.8, 4) is 0 Å². The second-order valence-corrected chi connectivity index (χ2v) is 4.39. The lowest BCUT2D eigenvalue weighted by Crippen LogP contribution is -2.35. The Balaban J connectivity index is 2.51. The number of hydrogen-bond donors (Lipinski definition) is 1. The molecule has 94 valence electrons. The van der Waals surface area contributed by atoms with Crippen molar-refractivity contribution >= 4 is 11.3 Å². The zero-order valence-corrected chi connectivity index (χ0v) is 8.99. The largest absolute Gasteiger partial charge is 0.760 e. The third kappa shape index (κ3) is 2.20. The van der Waals surface area contributed by atoms with Gasteiger partial charge in [-0.15, -0.1) is 0 Å². The van der Waals surface area contributed by atoms with Crippen LogP contribution in [0.1, 0.15) is 17.2 Å². The third-order valence-corrected chi connectivity index (χ3v) is 2.96. The molecule has 1 aromatic carbocycles. The van der Waals surface area contributed by atoms with Crippen LogP contribution >= 0.6 is 0 Å². The van der Waals surface area contributed by atoms with Gasteiger partial charge < -0.3 is 4.55 Å². The molecule has 0 saturated carbocycles. The van der Waals surface area contributed by atoms with Crippen molar-refractivity contribution in [2.24, 2.45) is 0 Å². The lowest BCUT2D eigenvalue weighted by Gasteiger charge is -2.22. The van der Waals surface area contributed by atoms with E-state index in [2.05, 4.69) is 0 Å². The van der Waals surface area contributed by atoms with Gasteiger partial charge in [-0.3, -0.25) is 4.21 Å². The Labute approximate surface area is 96.2 Å². The van der Waals surface area contributed by atoms with E-state index in [4.69, 9.17) is 0 Å². The van der Waals surface area contributed by atoms with Crippen LogP contribution in [0.5, 0.6) is 0 Å². The fourth-order valence-electron chi connectivity index (χ4n) is 1.92. The average Bonchev–Trinajstić information content (AvgIpc) is 2.36. The molecule has 17 heavy (non-hydrogen) atoms. The normalized spacial score (nSPS) is 23.5. The molecule has 1 aromatic rings. The van der Waals surface area contributed by atoms with Gasteiger partial charge in [0.1, 0.15) is 17.7 Å². The van der Waals surface area contributed by atoms with Crippen molar-refractivity contribution < 1.29 is 26.3 Å². The number of nitrogens with one attached hydrogen (secondary N) is 1. The van der Waals surface area contributed by atoms with Crippen LogP contribution < -0.4 is 4.72 Å². The van der Waals surface area contributed by atoms with Crippen molar-refractivity contribution in [3.63, 3.8) is 0 Å². The first-order chi connectivity index (χ1) is 7.81. The van der Waals surface area contributed by atoms with E-state index in [1.165, 1.54) is 0 Å². The van der Waals surface area contributed by atoms with E-state index >= 15 is 0 Å². The number of hydrogen-bond acceptors (Lipinski definition) is 2. The van der Waals surface area contributed by atoms with Gasteiger partial charge in [-0.05, 0) is 11.6 Å². The minimum atomic E-state index is -3.48. The highest BCUT2D eigenvalue weighted by Crippen LogP contribution is 2.44. The first-order valence-corrected chi connectivity index (χ1v) is 5.60. The van der Waals surface area contributed by atoms with E-state index in [1.807, 2.05) is 0 Å². The molecule has 0 spiro atoms. The Hall–Kier alpha value is -0.990. The third-order valence-electron chi connectivity index (χ3n) is 2.53. The zero-order chi connectivity index (χ0) is 12.8. The van der Waals surface area contributed by atoms with Crippen LogP contribution in [0.3, 0.4) is 0 Å². The van der Waals surface area contributed by atoms with Crippen molar-refractivity contribution in [3.05, 3.63) is 34.9 Å². The topological polar surface area (TPSA) is 52.2 Å². The van der Waals surface area contributed by atoms with Gasteiger partial charge in [-0.1, -0.05) is 0 Å². The number of halogens is 4. The minimum absolute atomic E-state index is 0.226. The second kappa shape index (κ2) is 4.04. The fraction of sp³-hybridized carbons (Fsp3) is 0.333. The molecule has 0 fully saturated rings. The summed E-state index contributed by atoms with van der Waals surface area (Å²) in [5.74, 6) is -5.63. The number of fused-ring (bicyclic) bond motifs is 1.